The predicted molar refractivity (Wildman–Crippen MR) is 89.2 cm³/mol. The molecule has 0 aliphatic carbocycles. The molecule has 1 aliphatic heterocycles. The molecule has 1 aliphatic rings. The number of fused-ring (bicyclic) bond motifs is 2. The van der Waals surface area contributed by atoms with Crippen molar-refractivity contribution in [2.75, 3.05) is 6.54 Å². The lowest BCUT2D eigenvalue weighted by atomic mass is 10.1. The average molecular weight is 346 g/mol. The van der Waals surface area contributed by atoms with E-state index < -0.39 is 0 Å². The lowest BCUT2D eigenvalue weighted by Crippen LogP contribution is -2.39. The van der Waals surface area contributed by atoms with Crippen LogP contribution < -0.4 is 5.56 Å². The first-order chi connectivity index (χ1) is 11.1. The summed E-state index contributed by atoms with van der Waals surface area (Å²) < 4.78 is 2.10. The average Bonchev–Trinajstić information content (AvgIpc) is 3.01. The maximum absolute atomic E-state index is 12.6. The van der Waals surface area contributed by atoms with Crippen LogP contribution in [0.15, 0.2) is 41.3 Å². The van der Waals surface area contributed by atoms with Gasteiger partial charge in [-0.3, -0.25) is 14.0 Å². The first-order valence-corrected chi connectivity index (χ1v) is 8.37. The highest BCUT2D eigenvalue weighted by Crippen LogP contribution is 2.24. The quantitative estimate of drug-likeness (QED) is 0.681. The smallest absolute Gasteiger partial charge is 0.264 e. The number of thiophene rings is 1. The third-order valence-electron chi connectivity index (χ3n) is 3.95. The lowest BCUT2D eigenvalue weighted by molar-refractivity contribution is 0.0737. The molecule has 5 nitrogen and oxygen atoms in total. The predicted octanol–water partition coefficient (Wildman–Crippen LogP) is 2.61. The first kappa shape index (κ1) is 14.4. The molecule has 3 aromatic heterocycles. The number of aromatic nitrogens is 2. The Bertz CT molecular complexity index is 979. The van der Waals surface area contributed by atoms with Crippen molar-refractivity contribution in [2.24, 2.45) is 0 Å². The molecule has 4 heterocycles. The molecule has 0 spiro atoms. The monoisotopic (exact) mass is 345 g/mol. The SMILES string of the molecule is O=C(c1ccc(Cl)s1)N1CCc2nc3ccccn3c(=O)c2C1. The van der Waals surface area contributed by atoms with Crippen molar-refractivity contribution in [3.8, 4) is 0 Å². The summed E-state index contributed by atoms with van der Waals surface area (Å²) in [7, 11) is 0. The van der Waals surface area contributed by atoms with Gasteiger partial charge in [0.05, 0.1) is 27.0 Å². The van der Waals surface area contributed by atoms with Gasteiger partial charge in [0.1, 0.15) is 5.65 Å². The molecule has 0 atom stereocenters. The summed E-state index contributed by atoms with van der Waals surface area (Å²) in [4.78, 5) is 32.0. The van der Waals surface area contributed by atoms with E-state index in [9.17, 15) is 9.59 Å². The van der Waals surface area contributed by atoms with Crippen LogP contribution in [-0.2, 0) is 13.0 Å². The van der Waals surface area contributed by atoms with Crippen LogP contribution in [0.25, 0.3) is 5.65 Å². The summed E-state index contributed by atoms with van der Waals surface area (Å²) in [5, 5.41) is 0. The van der Waals surface area contributed by atoms with Crippen molar-refractivity contribution >= 4 is 34.5 Å². The van der Waals surface area contributed by atoms with Crippen LogP contribution in [0.2, 0.25) is 4.34 Å². The van der Waals surface area contributed by atoms with Gasteiger partial charge >= 0.3 is 0 Å². The highest BCUT2D eigenvalue weighted by atomic mass is 35.5. The second-order valence-corrected chi connectivity index (χ2v) is 7.07. The highest BCUT2D eigenvalue weighted by Gasteiger charge is 2.26. The molecular weight excluding hydrogens is 334 g/mol. The standard InChI is InChI=1S/C16H12ClN3O2S/c17-13-5-4-12(23-13)16(22)19-8-6-11-10(9-19)15(21)20-7-2-1-3-14(20)18-11/h1-5,7H,6,8-9H2. The topological polar surface area (TPSA) is 54.7 Å². The fourth-order valence-corrected chi connectivity index (χ4v) is 3.82. The molecule has 7 heteroatoms. The van der Waals surface area contributed by atoms with E-state index >= 15 is 0 Å². The van der Waals surface area contributed by atoms with Gasteiger partial charge in [0.25, 0.3) is 11.5 Å². The van der Waals surface area contributed by atoms with Gasteiger partial charge in [-0.05, 0) is 24.3 Å². The summed E-state index contributed by atoms with van der Waals surface area (Å²) in [6, 6.07) is 8.89. The van der Waals surface area contributed by atoms with Crippen LogP contribution in [0.3, 0.4) is 0 Å². The maximum Gasteiger partial charge on any atom is 0.264 e. The minimum Gasteiger partial charge on any atom is -0.333 e. The fourth-order valence-electron chi connectivity index (χ4n) is 2.81. The van der Waals surface area contributed by atoms with Gasteiger partial charge in [-0.15, -0.1) is 11.3 Å². The molecule has 0 saturated carbocycles. The van der Waals surface area contributed by atoms with E-state index in [2.05, 4.69) is 4.98 Å². The summed E-state index contributed by atoms with van der Waals surface area (Å²) in [5.41, 5.74) is 1.92. The Morgan fingerprint density at radius 3 is 2.91 bits per heavy atom. The van der Waals surface area contributed by atoms with E-state index in [0.29, 0.717) is 33.4 Å². The number of carbonyl (C=O) groups is 1. The molecule has 23 heavy (non-hydrogen) atoms. The van der Waals surface area contributed by atoms with Crippen LogP contribution in [-0.4, -0.2) is 26.7 Å². The summed E-state index contributed by atoms with van der Waals surface area (Å²) in [6.07, 6.45) is 2.28. The first-order valence-electron chi connectivity index (χ1n) is 7.17. The van der Waals surface area contributed by atoms with Crippen LogP contribution in [0.4, 0.5) is 0 Å². The zero-order valence-electron chi connectivity index (χ0n) is 12.0. The fraction of sp³-hybridized carbons (Fsp3) is 0.188. The van der Waals surface area contributed by atoms with E-state index in [-0.39, 0.29) is 18.0 Å². The highest BCUT2D eigenvalue weighted by molar-refractivity contribution is 7.17. The molecule has 0 fully saturated rings. The Labute approximate surface area is 140 Å². The van der Waals surface area contributed by atoms with Gasteiger partial charge in [0, 0.05) is 19.2 Å². The Morgan fingerprint density at radius 2 is 2.13 bits per heavy atom. The van der Waals surface area contributed by atoms with Gasteiger partial charge in [0.15, 0.2) is 0 Å². The van der Waals surface area contributed by atoms with Crippen LogP contribution in [0, 0.1) is 0 Å². The normalized spacial score (nSPS) is 14.0. The van der Waals surface area contributed by atoms with Crippen LogP contribution in [0.5, 0.6) is 0 Å². The Morgan fingerprint density at radius 1 is 1.26 bits per heavy atom. The molecule has 1 amide bonds. The minimum absolute atomic E-state index is 0.0925. The van der Waals surface area contributed by atoms with Gasteiger partial charge in [-0.1, -0.05) is 17.7 Å². The lowest BCUT2D eigenvalue weighted by Gasteiger charge is -2.27. The third kappa shape index (κ3) is 2.44. The van der Waals surface area contributed by atoms with Crippen LogP contribution in [0.1, 0.15) is 20.9 Å². The van der Waals surface area contributed by atoms with E-state index in [1.54, 1.807) is 29.3 Å². The van der Waals surface area contributed by atoms with E-state index in [0.717, 1.165) is 5.69 Å². The van der Waals surface area contributed by atoms with E-state index in [4.69, 9.17) is 11.6 Å². The maximum atomic E-state index is 12.6. The van der Waals surface area contributed by atoms with Gasteiger partial charge in [0.2, 0.25) is 0 Å². The molecule has 0 radical (unpaired) electrons. The van der Waals surface area contributed by atoms with Crippen molar-refractivity contribution in [2.45, 2.75) is 13.0 Å². The number of pyridine rings is 1. The second-order valence-electron chi connectivity index (χ2n) is 5.35. The van der Waals surface area contributed by atoms with Gasteiger partial charge < -0.3 is 4.90 Å². The van der Waals surface area contributed by atoms with Crippen molar-refractivity contribution in [3.05, 3.63) is 67.4 Å². The van der Waals surface area contributed by atoms with Crippen molar-refractivity contribution < 1.29 is 4.79 Å². The molecule has 0 unspecified atom stereocenters. The molecule has 0 saturated heterocycles. The Hall–Kier alpha value is -2.18. The zero-order chi connectivity index (χ0) is 16.0. The van der Waals surface area contributed by atoms with Crippen molar-refractivity contribution in [1.29, 1.82) is 0 Å². The molecule has 116 valence electrons. The number of hydrogen-bond donors (Lipinski definition) is 0. The minimum atomic E-state index is -0.104. The molecule has 3 aromatic rings. The molecule has 0 aromatic carbocycles. The number of nitrogens with zero attached hydrogens (tertiary/aromatic N) is 3. The molecular formula is C16H12ClN3O2S. The number of rotatable bonds is 1. The third-order valence-corrected chi connectivity index (χ3v) is 5.17. The van der Waals surface area contributed by atoms with Gasteiger partial charge in [-0.25, -0.2) is 4.98 Å². The summed E-state index contributed by atoms with van der Waals surface area (Å²) in [5.74, 6) is -0.0925. The number of carbonyl (C=O) groups excluding carboxylic acids is 1. The Balaban J connectivity index is 1.73. The number of hydrogen-bond acceptors (Lipinski definition) is 4. The second kappa shape index (κ2) is 5.47. The molecule has 0 bridgehead atoms. The molecule has 0 N–H and O–H groups in total. The van der Waals surface area contributed by atoms with Crippen molar-refractivity contribution in [1.82, 2.24) is 14.3 Å². The Kier molecular flexibility index (Phi) is 3.43. The van der Waals surface area contributed by atoms with Crippen LogP contribution >= 0.6 is 22.9 Å². The number of halogens is 1. The van der Waals surface area contributed by atoms with E-state index in [1.165, 1.54) is 15.7 Å². The summed E-state index contributed by atoms with van der Waals surface area (Å²) in [6.45, 7) is 0.837. The largest absolute Gasteiger partial charge is 0.333 e. The zero-order valence-corrected chi connectivity index (χ0v) is 13.6. The van der Waals surface area contributed by atoms with Crippen molar-refractivity contribution in [3.63, 3.8) is 0 Å². The van der Waals surface area contributed by atoms with Gasteiger partial charge in [-0.2, -0.15) is 0 Å². The van der Waals surface area contributed by atoms with E-state index in [1.807, 2.05) is 12.1 Å². The summed E-state index contributed by atoms with van der Waals surface area (Å²) >= 11 is 7.15. The molecule has 4 rings (SSSR count). The number of amides is 1.